The van der Waals surface area contributed by atoms with E-state index in [1.807, 2.05) is 18.2 Å². The summed E-state index contributed by atoms with van der Waals surface area (Å²) in [6.45, 7) is 1.54. The molecule has 0 heterocycles. The minimum Gasteiger partial charge on any atom is -0.507 e. The maximum Gasteiger partial charge on any atom is 0.408 e. The van der Waals surface area contributed by atoms with Gasteiger partial charge in [-0.05, 0) is 24.6 Å². The minimum atomic E-state index is -1.28. The molecule has 8 nitrogen and oxygen atoms in total. The number of nitrogens with one attached hydrogen (secondary N) is 2. The molecule has 0 aliphatic carbocycles. The lowest BCUT2D eigenvalue weighted by molar-refractivity contribution is -0.117. The van der Waals surface area contributed by atoms with E-state index in [2.05, 4.69) is 10.6 Å². The summed E-state index contributed by atoms with van der Waals surface area (Å²) in [6.07, 6.45) is -0.749. The van der Waals surface area contributed by atoms with Crippen LogP contribution in [0.2, 0.25) is 0 Å². The van der Waals surface area contributed by atoms with Crippen LogP contribution in [0.15, 0.2) is 48.5 Å². The third-order valence-electron chi connectivity index (χ3n) is 3.44. The number of carbonyl (C=O) groups is 3. The van der Waals surface area contributed by atoms with Gasteiger partial charge in [-0.15, -0.1) is 0 Å². The molecule has 0 saturated carbocycles. The number of hydrogen-bond acceptors (Lipinski definition) is 5. The Hall–Kier alpha value is -3.55. The number of amides is 2. The second kappa shape index (κ2) is 8.52. The molecule has 0 unspecified atom stereocenters. The molecule has 2 rings (SSSR count). The number of phenols is 1. The lowest BCUT2D eigenvalue weighted by atomic mass is 10.2. The highest BCUT2D eigenvalue weighted by Crippen LogP contribution is 2.22. The number of aromatic hydroxyl groups is 1. The molecule has 0 aromatic heterocycles. The number of rotatable bonds is 6. The normalized spacial score (nSPS) is 11.3. The highest BCUT2D eigenvalue weighted by Gasteiger charge is 2.17. The number of benzene rings is 2. The van der Waals surface area contributed by atoms with Crippen molar-refractivity contribution in [3.8, 4) is 5.75 Å². The largest absolute Gasteiger partial charge is 0.507 e. The SMILES string of the molecule is C[C@H](NC(=O)OCc1ccccc1)C(=O)Nc1ccc(C(=O)O)c(O)c1. The molecule has 4 N–H and O–H groups in total. The third kappa shape index (κ3) is 5.23. The van der Waals surface area contributed by atoms with Gasteiger partial charge in [0.1, 0.15) is 24.0 Å². The summed E-state index contributed by atoms with van der Waals surface area (Å²) in [7, 11) is 0. The maximum atomic E-state index is 12.1. The lowest BCUT2D eigenvalue weighted by Crippen LogP contribution is -2.41. The van der Waals surface area contributed by atoms with Crippen molar-refractivity contribution in [1.82, 2.24) is 5.32 Å². The van der Waals surface area contributed by atoms with E-state index in [1.54, 1.807) is 12.1 Å². The molecule has 0 saturated heterocycles. The Morgan fingerprint density at radius 3 is 2.42 bits per heavy atom. The van der Waals surface area contributed by atoms with Crippen LogP contribution in [0.1, 0.15) is 22.8 Å². The van der Waals surface area contributed by atoms with Crippen molar-refractivity contribution < 1.29 is 29.3 Å². The number of carboxylic acids is 1. The monoisotopic (exact) mass is 358 g/mol. The topological polar surface area (TPSA) is 125 Å². The summed E-state index contributed by atoms with van der Waals surface area (Å²) in [4.78, 5) is 34.7. The van der Waals surface area contributed by atoms with E-state index in [-0.39, 0.29) is 17.9 Å². The average Bonchev–Trinajstić information content (AvgIpc) is 2.60. The molecule has 1 atom stereocenters. The Morgan fingerprint density at radius 1 is 1.12 bits per heavy atom. The van der Waals surface area contributed by atoms with Crippen LogP contribution in [-0.4, -0.2) is 34.2 Å². The fraction of sp³-hybridized carbons (Fsp3) is 0.167. The zero-order valence-electron chi connectivity index (χ0n) is 13.9. The van der Waals surface area contributed by atoms with E-state index in [9.17, 15) is 19.5 Å². The molecule has 0 aliphatic heterocycles. The van der Waals surface area contributed by atoms with Crippen LogP contribution in [0.25, 0.3) is 0 Å². The number of ether oxygens (including phenoxy) is 1. The fourth-order valence-corrected chi connectivity index (χ4v) is 2.05. The predicted molar refractivity (Wildman–Crippen MR) is 92.9 cm³/mol. The highest BCUT2D eigenvalue weighted by atomic mass is 16.5. The summed E-state index contributed by atoms with van der Waals surface area (Å²) >= 11 is 0. The van der Waals surface area contributed by atoms with Gasteiger partial charge in [-0.1, -0.05) is 30.3 Å². The van der Waals surface area contributed by atoms with Gasteiger partial charge in [0.15, 0.2) is 0 Å². The number of carboxylic acid groups (broad SMARTS) is 1. The molecule has 0 bridgehead atoms. The predicted octanol–water partition coefficient (Wildman–Crippen LogP) is 2.34. The average molecular weight is 358 g/mol. The van der Waals surface area contributed by atoms with Gasteiger partial charge in [0.25, 0.3) is 0 Å². The molecule has 2 aromatic carbocycles. The van der Waals surface area contributed by atoms with Crippen molar-refractivity contribution >= 4 is 23.7 Å². The van der Waals surface area contributed by atoms with Gasteiger partial charge in [0.05, 0.1) is 0 Å². The molecular formula is C18H18N2O6. The zero-order valence-corrected chi connectivity index (χ0v) is 13.9. The summed E-state index contributed by atoms with van der Waals surface area (Å²) in [5, 5.41) is 23.3. The van der Waals surface area contributed by atoms with Crippen LogP contribution in [0.5, 0.6) is 5.75 Å². The van der Waals surface area contributed by atoms with Crippen molar-refractivity contribution in [3.05, 3.63) is 59.7 Å². The number of anilines is 1. The number of alkyl carbamates (subject to hydrolysis) is 1. The number of aromatic carboxylic acids is 1. The van der Waals surface area contributed by atoms with Crippen molar-refractivity contribution in [1.29, 1.82) is 0 Å². The molecule has 8 heteroatoms. The molecule has 0 radical (unpaired) electrons. The summed E-state index contributed by atoms with van der Waals surface area (Å²) in [6, 6.07) is 11.8. The lowest BCUT2D eigenvalue weighted by Gasteiger charge is -2.14. The van der Waals surface area contributed by atoms with E-state index in [0.29, 0.717) is 0 Å². The van der Waals surface area contributed by atoms with E-state index in [4.69, 9.17) is 9.84 Å². The van der Waals surface area contributed by atoms with Gasteiger partial charge < -0.3 is 25.6 Å². The minimum absolute atomic E-state index is 0.0749. The van der Waals surface area contributed by atoms with Gasteiger partial charge in [0.2, 0.25) is 5.91 Å². The molecule has 2 aromatic rings. The molecule has 0 spiro atoms. The zero-order chi connectivity index (χ0) is 19.1. The summed E-state index contributed by atoms with van der Waals surface area (Å²) in [5.41, 5.74) is 0.733. The van der Waals surface area contributed by atoms with Crippen LogP contribution >= 0.6 is 0 Å². The first-order chi connectivity index (χ1) is 12.4. The Labute approximate surface area is 149 Å². The Bertz CT molecular complexity index is 807. The van der Waals surface area contributed by atoms with Gasteiger partial charge >= 0.3 is 12.1 Å². The van der Waals surface area contributed by atoms with Crippen molar-refractivity contribution in [2.75, 3.05) is 5.32 Å². The van der Waals surface area contributed by atoms with Crippen molar-refractivity contribution in [2.24, 2.45) is 0 Å². The van der Waals surface area contributed by atoms with Crippen LogP contribution in [0.3, 0.4) is 0 Å². The fourth-order valence-electron chi connectivity index (χ4n) is 2.05. The highest BCUT2D eigenvalue weighted by molar-refractivity contribution is 5.97. The number of hydrogen-bond donors (Lipinski definition) is 4. The van der Waals surface area contributed by atoms with Crippen molar-refractivity contribution in [2.45, 2.75) is 19.6 Å². The maximum absolute atomic E-state index is 12.1. The second-order valence-corrected chi connectivity index (χ2v) is 5.45. The quantitative estimate of drug-likeness (QED) is 0.628. The second-order valence-electron chi connectivity index (χ2n) is 5.45. The van der Waals surface area contributed by atoms with Crippen LogP contribution in [0, 0.1) is 0 Å². The van der Waals surface area contributed by atoms with Gasteiger partial charge in [-0.2, -0.15) is 0 Å². The van der Waals surface area contributed by atoms with Gasteiger partial charge in [-0.3, -0.25) is 4.79 Å². The van der Waals surface area contributed by atoms with E-state index in [0.717, 1.165) is 11.6 Å². The number of carbonyl (C=O) groups excluding carboxylic acids is 2. The first kappa shape index (κ1) is 18.8. The van der Waals surface area contributed by atoms with E-state index < -0.39 is 29.8 Å². The molecule has 0 fully saturated rings. The van der Waals surface area contributed by atoms with Crippen LogP contribution in [-0.2, 0) is 16.1 Å². The standard InChI is InChI=1S/C18H18N2O6/c1-11(19-18(25)26-10-12-5-3-2-4-6-12)16(22)20-13-7-8-14(17(23)24)15(21)9-13/h2-9,11,21H,10H2,1H3,(H,19,25)(H,20,22)(H,23,24)/t11-/m0/s1. The van der Waals surface area contributed by atoms with E-state index in [1.165, 1.54) is 19.1 Å². The van der Waals surface area contributed by atoms with Crippen molar-refractivity contribution in [3.63, 3.8) is 0 Å². The first-order valence-corrected chi connectivity index (χ1v) is 7.71. The van der Waals surface area contributed by atoms with Gasteiger partial charge in [0, 0.05) is 11.8 Å². The molecule has 2 amide bonds. The molecule has 26 heavy (non-hydrogen) atoms. The third-order valence-corrected chi connectivity index (χ3v) is 3.44. The Balaban J connectivity index is 1.86. The van der Waals surface area contributed by atoms with Crippen LogP contribution in [0.4, 0.5) is 10.5 Å². The first-order valence-electron chi connectivity index (χ1n) is 7.71. The summed E-state index contributed by atoms with van der Waals surface area (Å²) < 4.78 is 5.02. The van der Waals surface area contributed by atoms with E-state index >= 15 is 0 Å². The Kier molecular flexibility index (Phi) is 6.15. The summed E-state index contributed by atoms with van der Waals surface area (Å²) in [5.74, 6) is -2.31. The molecule has 0 aliphatic rings. The van der Waals surface area contributed by atoms with Gasteiger partial charge in [-0.25, -0.2) is 9.59 Å². The van der Waals surface area contributed by atoms with Crippen LogP contribution < -0.4 is 10.6 Å². The molecule has 136 valence electrons. The Morgan fingerprint density at radius 2 is 1.81 bits per heavy atom. The molecular weight excluding hydrogens is 340 g/mol. The smallest absolute Gasteiger partial charge is 0.408 e.